The quantitative estimate of drug-likeness (QED) is 0.769. The van der Waals surface area contributed by atoms with Crippen molar-refractivity contribution in [3.8, 4) is 0 Å². The number of amides is 1. The van der Waals surface area contributed by atoms with E-state index in [1.165, 1.54) is 6.26 Å². The lowest BCUT2D eigenvalue weighted by Gasteiger charge is -2.26. The second kappa shape index (κ2) is 4.49. The van der Waals surface area contributed by atoms with Gasteiger partial charge >= 0.3 is 0 Å². The van der Waals surface area contributed by atoms with Crippen molar-refractivity contribution in [3.63, 3.8) is 0 Å². The molecular formula is C11H16N2O2. The molecule has 1 aliphatic carbocycles. The van der Waals surface area contributed by atoms with Crippen LogP contribution in [0.25, 0.3) is 0 Å². The Morgan fingerprint density at radius 3 is 2.73 bits per heavy atom. The zero-order chi connectivity index (χ0) is 10.7. The highest BCUT2D eigenvalue weighted by Crippen LogP contribution is 2.17. The number of hydrogen-bond acceptors (Lipinski definition) is 3. The Morgan fingerprint density at radius 2 is 2.13 bits per heavy atom. The molecule has 0 saturated heterocycles. The van der Waals surface area contributed by atoms with Crippen molar-refractivity contribution in [1.29, 1.82) is 0 Å². The van der Waals surface area contributed by atoms with Crippen LogP contribution in [0.1, 0.15) is 36.2 Å². The van der Waals surface area contributed by atoms with Crippen LogP contribution in [-0.4, -0.2) is 18.0 Å². The standard InChI is InChI=1S/C11H16N2O2/c12-8-3-5-9(6-4-8)13-11(14)10-2-1-7-15-10/h1-2,7-9H,3-6,12H2,(H,13,14). The van der Waals surface area contributed by atoms with Crippen LogP contribution in [0.5, 0.6) is 0 Å². The van der Waals surface area contributed by atoms with E-state index >= 15 is 0 Å². The van der Waals surface area contributed by atoms with Gasteiger partial charge in [0.05, 0.1) is 6.26 Å². The van der Waals surface area contributed by atoms with Crippen molar-refractivity contribution in [1.82, 2.24) is 5.32 Å². The third kappa shape index (κ3) is 2.59. The van der Waals surface area contributed by atoms with Gasteiger partial charge in [-0.2, -0.15) is 0 Å². The zero-order valence-corrected chi connectivity index (χ0v) is 8.61. The summed E-state index contributed by atoms with van der Waals surface area (Å²) in [5.41, 5.74) is 5.79. The normalized spacial score (nSPS) is 26.2. The Morgan fingerprint density at radius 1 is 1.40 bits per heavy atom. The molecule has 1 fully saturated rings. The molecule has 1 aromatic rings. The van der Waals surface area contributed by atoms with Crippen molar-refractivity contribution < 1.29 is 9.21 Å². The van der Waals surface area contributed by atoms with Crippen LogP contribution in [0.3, 0.4) is 0 Å². The van der Waals surface area contributed by atoms with E-state index in [0.717, 1.165) is 25.7 Å². The van der Waals surface area contributed by atoms with Crippen molar-refractivity contribution in [2.24, 2.45) is 5.73 Å². The van der Waals surface area contributed by atoms with Gasteiger partial charge in [0.15, 0.2) is 5.76 Å². The van der Waals surface area contributed by atoms with Crippen molar-refractivity contribution >= 4 is 5.91 Å². The molecule has 4 heteroatoms. The second-order valence-corrected chi connectivity index (χ2v) is 4.06. The first-order valence-corrected chi connectivity index (χ1v) is 5.35. The van der Waals surface area contributed by atoms with Crippen LogP contribution >= 0.6 is 0 Å². The molecule has 2 rings (SSSR count). The van der Waals surface area contributed by atoms with E-state index < -0.39 is 0 Å². The van der Waals surface area contributed by atoms with Crippen molar-refractivity contribution in [3.05, 3.63) is 24.2 Å². The highest BCUT2D eigenvalue weighted by molar-refractivity contribution is 5.91. The molecule has 0 bridgehead atoms. The minimum atomic E-state index is -0.125. The first-order valence-electron chi connectivity index (χ1n) is 5.35. The lowest BCUT2D eigenvalue weighted by Crippen LogP contribution is -2.40. The van der Waals surface area contributed by atoms with E-state index in [0.29, 0.717) is 11.8 Å². The number of carbonyl (C=O) groups excluding carboxylic acids is 1. The predicted octanol–water partition coefficient (Wildman–Crippen LogP) is 1.28. The van der Waals surface area contributed by atoms with Crippen molar-refractivity contribution in [2.45, 2.75) is 37.8 Å². The van der Waals surface area contributed by atoms with E-state index in [1.54, 1.807) is 12.1 Å². The van der Waals surface area contributed by atoms with E-state index in [9.17, 15) is 4.79 Å². The molecule has 15 heavy (non-hydrogen) atoms. The van der Waals surface area contributed by atoms with Crippen molar-refractivity contribution in [2.75, 3.05) is 0 Å². The lowest BCUT2D eigenvalue weighted by molar-refractivity contribution is 0.0897. The Labute approximate surface area is 88.8 Å². The summed E-state index contributed by atoms with van der Waals surface area (Å²) in [4.78, 5) is 11.6. The molecule has 0 aliphatic heterocycles. The van der Waals surface area contributed by atoms with Gasteiger partial charge in [-0.15, -0.1) is 0 Å². The number of rotatable bonds is 2. The predicted molar refractivity (Wildman–Crippen MR) is 56.4 cm³/mol. The van der Waals surface area contributed by atoms with E-state index in [4.69, 9.17) is 10.2 Å². The summed E-state index contributed by atoms with van der Waals surface area (Å²) in [6.07, 6.45) is 5.42. The van der Waals surface area contributed by atoms with E-state index in [1.807, 2.05) is 0 Å². The first kappa shape index (κ1) is 10.2. The number of nitrogens with two attached hydrogens (primary N) is 1. The van der Waals surface area contributed by atoms with Gasteiger partial charge in [0, 0.05) is 12.1 Å². The van der Waals surface area contributed by atoms with Crippen LogP contribution in [0.2, 0.25) is 0 Å². The van der Waals surface area contributed by atoms with Gasteiger partial charge < -0.3 is 15.5 Å². The van der Waals surface area contributed by atoms with Gasteiger partial charge in [0.25, 0.3) is 5.91 Å². The molecule has 0 aromatic carbocycles. The first-order chi connectivity index (χ1) is 7.25. The number of furan rings is 1. The molecule has 3 N–H and O–H groups in total. The fourth-order valence-electron chi connectivity index (χ4n) is 1.93. The van der Waals surface area contributed by atoms with Crippen LogP contribution in [0.4, 0.5) is 0 Å². The SMILES string of the molecule is NC1CCC(NC(=O)c2ccco2)CC1. The van der Waals surface area contributed by atoms with Gasteiger partial charge in [0.1, 0.15) is 0 Å². The summed E-state index contributed by atoms with van der Waals surface area (Å²) in [5, 5.41) is 2.95. The summed E-state index contributed by atoms with van der Waals surface area (Å²) in [6.45, 7) is 0. The van der Waals surface area contributed by atoms with Gasteiger partial charge in [0.2, 0.25) is 0 Å². The van der Waals surface area contributed by atoms with Crippen LogP contribution in [0.15, 0.2) is 22.8 Å². The van der Waals surface area contributed by atoms with Gasteiger partial charge in [-0.1, -0.05) is 0 Å². The molecule has 82 valence electrons. The Kier molecular flexibility index (Phi) is 3.06. The lowest BCUT2D eigenvalue weighted by atomic mass is 9.92. The summed E-state index contributed by atoms with van der Waals surface area (Å²) in [7, 11) is 0. The molecule has 1 aromatic heterocycles. The summed E-state index contributed by atoms with van der Waals surface area (Å²) in [6, 6.07) is 3.94. The molecule has 0 atom stereocenters. The molecular weight excluding hydrogens is 192 g/mol. The maximum absolute atomic E-state index is 11.6. The Hall–Kier alpha value is -1.29. The van der Waals surface area contributed by atoms with E-state index in [2.05, 4.69) is 5.32 Å². The van der Waals surface area contributed by atoms with Crippen LogP contribution in [-0.2, 0) is 0 Å². The maximum Gasteiger partial charge on any atom is 0.287 e. The van der Waals surface area contributed by atoms with Crippen LogP contribution < -0.4 is 11.1 Å². The van der Waals surface area contributed by atoms with Gasteiger partial charge in [-0.3, -0.25) is 4.79 Å². The minimum absolute atomic E-state index is 0.125. The second-order valence-electron chi connectivity index (χ2n) is 4.06. The number of hydrogen-bond donors (Lipinski definition) is 2. The largest absolute Gasteiger partial charge is 0.459 e. The Bertz CT molecular complexity index is 313. The maximum atomic E-state index is 11.6. The number of carbonyl (C=O) groups is 1. The fraction of sp³-hybridized carbons (Fsp3) is 0.545. The molecule has 4 nitrogen and oxygen atoms in total. The average Bonchev–Trinajstić information content (AvgIpc) is 2.74. The zero-order valence-electron chi connectivity index (χ0n) is 8.61. The smallest absolute Gasteiger partial charge is 0.287 e. The molecule has 1 aliphatic rings. The highest BCUT2D eigenvalue weighted by Gasteiger charge is 2.21. The third-order valence-electron chi connectivity index (χ3n) is 2.85. The topological polar surface area (TPSA) is 68.3 Å². The summed E-state index contributed by atoms with van der Waals surface area (Å²) < 4.78 is 5.02. The number of nitrogens with one attached hydrogen (secondary N) is 1. The summed E-state index contributed by atoms with van der Waals surface area (Å²) >= 11 is 0. The van der Waals surface area contributed by atoms with Crippen LogP contribution in [0, 0.1) is 0 Å². The minimum Gasteiger partial charge on any atom is -0.459 e. The third-order valence-corrected chi connectivity index (χ3v) is 2.85. The van der Waals surface area contributed by atoms with Gasteiger partial charge in [-0.05, 0) is 37.8 Å². The van der Waals surface area contributed by atoms with E-state index in [-0.39, 0.29) is 11.9 Å². The summed E-state index contributed by atoms with van der Waals surface area (Å²) in [5.74, 6) is 0.255. The fourth-order valence-corrected chi connectivity index (χ4v) is 1.93. The molecule has 1 saturated carbocycles. The monoisotopic (exact) mass is 208 g/mol. The Balaban J connectivity index is 1.85. The molecule has 1 heterocycles. The molecule has 0 spiro atoms. The average molecular weight is 208 g/mol. The molecule has 0 radical (unpaired) electrons. The molecule has 0 unspecified atom stereocenters. The van der Waals surface area contributed by atoms with Gasteiger partial charge in [-0.25, -0.2) is 0 Å². The highest BCUT2D eigenvalue weighted by atomic mass is 16.3. The molecule has 1 amide bonds.